The molecule has 0 aromatic carbocycles. The van der Waals surface area contributed by atoms with E-state index in [4.69, 9.17) is 0 Å². The third-order valence-corrected chi connectivity index (χ3v) is 22.0. The van der Waals surface area contributed by atoms with Gasteiger partial charge in [-0.15, -0.1) is 0 Å². The summed E-state index contributed by atoms with van der Waals surface area (Å²) in [5, 5.41) is 0. The Kier molecular flexibility index (Phi) is 3.71. The molecular formula is C6H18Al2S-2. The maximum atomic E-state index is 2.46. The topological polar surface area (TPSA) is 0 Å². The van der Waals surface area contributed by atoms with Gasteiger partial charge in [0.15, 0.2) is 0 Å². The molecule has 0 aliphatic carbocycles. The highest BCUT2D eigenvalue weighted by atomic mass is 32.4. The quantitative estimate of drug-likeness (QED) is 0.581. The van der Waals surface area contributed by atoms with Crippen LogP contribution in [0.2, 0.25) is 34.7 Å². The first kappa shape index (κ1) is 10.4. The number of hydrogen-bond donors (Lipinski definition) is 0. The smallest absolute Gasteiger partial charge is 0.148 e. The summed E-state index contributed by atoms with van der Waals surface area (Å²) < 4.78 is 0. The highest BCUT2D eigenvalue weighted by Gasteiger charge is 2.15. The molecule has 0 spiro atoms. The summed E-state index contributed by atoms with van der Waals surface area (Å²) in [5.74, 6) is 14.8. The van der Waals surface area contributed by atoms with E-state index < -0.39 is 23.9 Å². The van der Waals surface area contributed by atoms with Crippen LogP contribution >= 0.6 is 8.50 Å². The lowest BCUT2D eigenvalue weighted by Gasteiger charge is -2.39. The Morgan fingerprint density at radius 2 is 0.889 bits per heavy atom. The largest absolute Gasteiger partial charge is 0.672 e. The SMILES string of the molecule is [CH3][Al-]([CH3])([CH3])[S][Al-]([CH3])([CH3])[CH3]. The van der Waals surface area contributed by atoms with Crippen molar-refractivity contribution in [3.05, 3.63) is 0 Å². The summed E-state index contributed by atoms with van der Waals surface area (Å²) >= 11 is -2.11. The van der Waals surface area contributed by atoms with Crippen molar-refractivity contribution in [2.45, 2.75) is 34.7 Å². The van der Waals surface area contributed by atoms with Gasteiger partial charge in [0.1, 0.15) is 23.9 Å². The number of rotatable bonds is 2. The monoisotopic (exact) mass is 176 g/mol. The minimum atomic E-state index is -1.06. The van der Waals surface area contributed by atoms with Crippen molar-refractivity contribution in [3.8, 4) is 0 Å². The predicted molar refractivity (Wildman–Crippen MR) is 54.3 cm³/mol. The van der Waals surface area contributed by atoms with Crippen LogP contribution in [0.15, 0.2) is 0 Å². The van der Waals surface area contributed by atoms with Gasteiger partial charge in [-0.25, -0.2) is 0 Å². The molecule has 56 valence electrons. The molecule has 0 aliphatic heterocycles. The molecular weight excluding hydrogens is 158 g/mol. The third-order valence-electron chi connectivity index (χ3n) is 0.816. The van der Waals surface area contributed by atoms with Gasteiger partial charge in [-0.3, -0.25) is 0 Å². The normalized spacial score (nSPS) is 14.0. The van der Waals surface area contributed by atoms with Crippen molar-refractivity contribution < 1.29 is 0 Å². The van der Waals surface area contributed by atoms with Gasteiger partial charge in [0.2, 0.25) is 0 Å². The molecule has 9 heavy (non-hydrogen) atoms. The Hall–Kier alpha value is 1.41. The second-order valence-corrected chi connectivity index (χ2v) is 26.8. The molecule has 0 atom stereocenters. The van der Waals surface area contributed by atoms with E-state index in [9.17, 15) is 0 Å². The first-order valence-electron chi connectivity index (χ1n) is 3.94. The van der Waals surface area contributed by atoms with E-state index in [2.05, 4.69) is 43.2 Å². The standard InChI is InChI=1S/6CH3.2Al.S/h6*1H3;;;/q;;;;;;2*-1;. The molecule has 0 bridgehead atoms. The average Bonchev–Trinajstić information content (AvgIpc) is 1.14. The minimum absolute atomic E-state index is 1.06. The van der Waals surface area contributed by atoms with Crippen LogP contribution in [0.4, 0.5) is 0 Å². The number of hydrogen-bond acceptors (Lipinski definition) is 1. The van der Waals surface area contributed by atoms with Crippen LogP contribution in [-0.4, -0.2) is 23.9 Å². The molecule has 0 aromatic heterocycles. The van der Waals surface area contributed by atoms with Crippen molar-refractivity contribution in [2.75, 3.05) is 0 Å². The van der Waals surface area contributed by atoms with Gasteiger partial charge in [0.25, 0.3) is 0 Å². The molecule has 0 heterocycles. The second-order valence-electron chi connectivity index (χ2n) is 5.01. The van der Waals surface area contributed by atoms with Gasteiger partial charge in [0, 0.05) is 0 Å². The van der Waals surface area contributed by atoms with Gasteiger partial charge in [-0.1, -0.05) is 0 Å². The summed E-state index contributed by atoms with van der Waals surface area (Å²) in [5.41, 5.74) is 0. The van der Waals surface area contributed by atoms with Crippen molar-refractivity contribution in [1.29, 1.82) is 0 Å². The molecule has 0 aliphatic rings. The van der Waals surface area contributed by atoms with E-state index >= 15 is 0 Å². The lowest BCUT2D eigenvalue weighted by atomic mass is 11.8. The van der Waals surface area contributed by atoms with E-state index in [-0.39, 0.29) is 0 Å². The van der Waals surface area contributed by atoms with Crippen LogP contribution in [0.5, 0.6) is 0 Å². The highest BCUT2D eigenvalue weighted by molar-refractivity contribution is 8.49. The van der Waals surface area contributed by atoms with E-state index in [0.717, 1.165) is 0 Å². The Labute approximate surface area is 66.9 Å². The van der Waals surface area contributed by atoms with Gasteiger partial charge in [-0.05, 0) is 0 Å². The molecule has 0 N–H and O–H groups in total. The Balaban J connectivity index is 3.75. The molecule has 0 radical (unpaired) electrons. The van der Waals surface area contributed by atoms with Crippen LogP contribution in [0, 0.1) is 0 Å². The van der Waals surface area contributed by atoms with Crippen molar-refractivity contribution in [3.63, 3.8) is 0 Å². The fraction of sp³-hybridized carbons (Fsp3) is 1.00. The van der Waals surface area contributed by atoms with Crippen LogP contribution in [0.3, 0.4) is 0 Å². The second kappa shape index (κ2) is 3.21. The molecule has 0 unspecified atom stereocenters. The zero-order valence-electron chi connectivity index (χ0n) is 7.56. The van der Waals surface area contributed by atoms with Gasteiger partial charge < -0.3 is 8.50 Å². The Bertz CT molecular complexity index is 76.2. The molecule has 0 saturated heterocycles. The van der Waals surface area contributed by atoms with Gasteiger partial charge in [0.05, 0.1) is 0 Å². The molecule has 0 aromatic rings. The summed E-state index contributed by atoms with van der Waals surface area (Å²) in [6, 6.07) is 0. The maximum absolute atomic E-state index is 2.46. The van der Waals surface area contributed by atoms with Crippen molar-refractivity contribution in [1.82, 2.24) is 0 Å². The Morgan fingerprint density at radius 3 is 0.889 bits per heavy atom. The van der Waals surface area contributed by atoms with Crippen LogP contribution < -0.4 is 0 Å². The fourth-order valence-electron chi connectivity index (χ4n) is 1.22. The summed E-state index contributed by atoms with van der Waals surface area (Å²) in [6.45, 7) is 0. The van der Waals surface area contributed by atoms with E-state index in [1.54, 1.807) is 0 Å². The third kappa shape index (κ3) is 9.41. The predicted octanol–water partition coefficient (Wildman–Crippen LogP) is 3.39. The first-order chi connectivity index (χ1) is 3.71. The molecule has 0 fully saturated rings. The van der Waals surface area contributed by atoms with Crippen LogP contribution in [0.1, 0.15) is 0 Å². The molecule has 3 heteroatoms. The van der Waals surface area contributed by atoms with Gasteiger partial charge >= 0.3 is 0 Å². The average molecular weight is 176 g/mol. The summed E-state index contributed by atoms with van der Waals surface area (Å²) in [6.07, 6.45) is 0. The fourth-order valence-corrected chi connectivity index (χ4v) is 33.1. The maximum Gasteiger partial charge on any atom is 0.148 e. The zero-order valence-corrected chi connectivity index (χ0v) is 10.7. The van der Waals surface area contributed by atoms with Gasteiger partial charge in [-0.2, -0.15) is 34.7 Å². The minimum Gasteiger partial charge on any atom is -0.672 e. The van der Waals surface area contributed by atoms with Crippen LogP contribution in [-0.2, 0) is 0 Å². The highest BCUT2D eigenvalue weighted by Crippen LogP contribution is 2.29. The van der Waals surface area contributed by atoms with Crippen LogP contribution in [0.25, 0.3) is 0 Å². The molecule has 0 amide bonds. The molecule has 0 nitrogen and oxygen atoms in total. The summed E-state index contributed by atoms with van der Waals surface area (Å²) in [7, 11) is 2.35. The van der Waals surface area contributed by atoms with E-state index in [1.807, 2.05) is 0 Å². The van der Waals surface area contributed by atoms with E-state index in [1.165, 1.54) is 0 Å². The Morgan fingerprint density at radius 1 is 0.667 bits per heavy atom. The lowest BCUT2D eigenvalue weighted by molar-refractivity contribution is 1.85. The lowest BCUT2D eigenvalue weighted by Crippen LogP contribution is -2.27. The summed E-state index contributed by atoms with van der Waals surface area (Å²) in [4.78, 5) is 0. The van der Waals surface area contributed by atoms with E-state index in [0.29, 0.717) is 0 Å². The molecule has 0 saturated carbocycles. The van der Waals surface area contributed by atoms with Crippen molar-refractivity contribution in [2.24, 2.45) is 0 Å². The first-order valence-corrected chi connectivity index (χ1v) is 14.6. The van der Waals surface area contributed by atoms with Crippen molar-refractivity contribution >= 4 is 32.4 Å². The zero-order chi connectivity index (χ0) is 7.71. The molecule has 0 rings (SSSR count).